The Morgan fingerprint density at radius 3 is 3.00 bits per heavy atom. The molecule has 1 aromatic rings. The van der Waals surface area contributed by atoms with Gasteiger partial charge in [0.1, 0.15) is 5.60 Å². The second-order valence-electron chi connectivity index (χ2n) is 5.85. The second-order valence-corrected chi connectivity index (χ2v) is 6.63. The molecule has 0 aromatic carbocycles. The predicted octanol–water partition coefficient (Wildman–Crippen LogP) is 2.25. The highest BCUT2D eigenvalue weighted by Crippen LogP contribution is 2.23. The van der Waals surface area contributed by atoms with E-state index in [0.29, 0.717) is 6.54 Å². The highest BCUT2D eigenvalue weighted by molar-refractivity contribution is 7.08. The maximum atomic E-state index is 10.5. The van der Waals surface area contributed by atoms with Crippen LogP contribution in [-0.4, -0.2) is 43.9 Å². The van der Waals surface area contributed by atoms with Crippen LogP contribution in [0.25, 0.3) is 0 Å². The molecule has 5 nitrogen and oxygen atoms in total. The van der Waals surface area contributed by atoms with Gasteiger partial charge in [-0.2, -0.15) is 11.3 Å². The fraction of sp³-hybridized carbons (Fsp3) is 0.588. The number of nitrogens with one attached hydrogen (secondary N) is 2. The first-order valence-electron chi connectivity index (χ1n) is 8.14. The Kier molecular flexibility index (Phi) is 7.08. The molecule has 0 saturated heterocycles. The van der Waals surface area contributed by atoms with Crippen LogP contribution in [0.15, 0.2) is 33.5 Å². The standard InChI is InChI=1S/C17H27N3O2S/c1-3-18-16(19-8-4-14-5-9-22-10-6-14)20-13-17(2,21)15-7-11-23-12-15/h5,7,11-12,21H,3-4,6,8-10,13H2,1-2H3,(H2,18,19,20). The summed E-state index contributed by atoms with van der Waals surface area (Å²) in [5.74, 6) is 0.746. The number of aliphatic imine (C=N–C) groups is 1. The van der Waals surface area contributed by atoms with E-state index in [9.17, 15) is 5.11 Å². The van der Waals surface area contributed by atoms with Gasteiger partial charge in [0.25, 0.3) is 0 Å². The Labute approximate surface area is 142 Å². The molecule has 0 aliphatic carbocycles. The minimum atomic E-state index is -0.939. The fourth-order valence-electron chi connectivity index (χ4n) is 2.37. The van der Waals surface area contributed by atoms with Crippen molar-refractivity contribution in [2.24, 2.45) is 4.99 Å². The van der Waals surface area contributed by atoms with Gasteiger partial charge in [0.15, 0.2) is 5.96 Å². The van der Waals surface area contributed by atoms with E-state index in [4.69, 9.17) is 4.74 Å². The smallest absolute Gasteiger partial charge is 0.191 e. The first-order chi connectivity index (χ1) is 11.1. The molecule has 23 heavy (non-hydrogen) atoms. The van der Waals surface area contributed by atoms with Gasteiger partial charge in [0, 0.05) is 13.1 Å². The Balaban J connectivity index is 1.85. The van der Waals surface area contributed by atoms with Crippen molar-refractivity contribution in [1.29, 1.82) is 0 Å². The van der Waals surface area contributed by atoms with Gasteiger partial charge in [-0.05, 0) is 49.1 Å². The largest absolute Gasteiger partial charge is 0.383 e. The Morgan fingerprint density at radius 1 is 1.48 bits per heavy atom. The maximum absolute atomic E-state index is 10.5. The average Bonchev–Trinajstić information content (AvgIpc) is 3.09. The van der Waals surface area contributed by atoms with Gasteiger partial charge < -0.3 is 20.5 Å². The van der Waals surface area contributed by atoms with Crippen molar-refractivity contribution in [3.8, 4) is 0 Å². The number of hydrogen-bond acceptors (Lipinski definition) is 4. The van der Waals surface area contributed by atoms with E-state index in [1.807, 2.05) is 23.8 Å². The van der Waals surface area contributed by atoms with Gasteiger partial charge in [-0.25, -0.2) is 4.99 Å². The van der Waals surface area contributed by atoms with Gasteiger partial charge in [-0.15, -0.1) is 0 Å². The zero-order valence-corrected chi connectivity index (χ0v) is 14.8. The zero-order valence-electron chi connectivity index (χ0n) is 14.0. The van der Waals surface area contributed by atoms with Gasteiger partial charge >= 0.3 is 0 Å². The predicted molar refractivity (Wildman–Crippen MR) is 96.0 cm³/mol. The summed E-state index contributed by atoms with van der Waals surface area (Å²) < 4.78 is 5.32. The molecule has 0 saturated carbocycles. The summed E-state index contributed by atoms with van der Waals surface area (Å²) in [5, 5.41) is 21.0. The lowest BCUT2D eigenvalue weighted by molar-refractivity contribution is 0.0677. The van der Waals surface area contributed by atoms with Gasteiger partial charge in [-0.3, -0.25) is 0 Å². The van der Waals surface area contributed by atoms with Crippen molar-refractivity contribution < 1.29 is 9.84 Å². The van der Waals surface area contributed by atoms with Crippen LogP contribution in [0.4, 0.5) is 0 Å². The first kappa shape index (κ1) is 18.0. The molecule has 1 unspecified atom stereocenters. The third-order valence-corrected chi connectivity index (χ3v) is 4.51. The summed E-state index contributed by atoms with van der Waals surface area (Å²) in [6.07, 6.45) is 4.17. The number of hydrogen-bond donors (Lipinski definition) is 3. The van der Waals surface area contributed by atoms with E-state index < -0.39 is 5.60 Å². The molecule has 0 fully saturated rings. The molecule has 0 bridgehead atoms. The summed E-state index contributed by atoms with van der Waals surface area (Å²) >= 11 is 1.58. The molecule has 1 aromatic heterocycles. The molecule has 1 aliphatic rings. The minimum absolute atomic E-state index is 0.329. The number of aliphatic hydroxyl groups is 1. The molecule has 0 radical (unpaired) electrons. The molecule has 6 heteroatoms. The molecule has 1 aliphatic heterocycles. The molecule has 128 valence electrons. The lowest BCUT2D eigenvalue weighted by Crippen LogP contribution is -2.39. The third kappa shape index (κ3) is 5.97. The van der Waals surface area contributed by atoms with Crippen molar-refractivity contribution >= 4 is 17.3 Å². The van der Waals surface area contributed by atoms with Gasteiger partial charge in [0.05, 0.1) is 19.8 Å². The van der Waals surface area contributed by atoms with Crippen LogP contribution in [0, 0.1) is 0 Å². The van der Waals surface area contributed by atoms with Crippen molar-refractivity contribution in [1.82, 2.24) is 10.6 Å². The number of nitrogens with zero attached hydrogens (tertiary/aromatic N) is 1. The van der Waals surface area contributed by atoms with E-state index in [2.05, 4.69) is 21.7 Å². The van der Waals surface area contributed by atoms with Crippen molar-refractivity contribution in [3.63, 3.8) is 0 Å². The zero-order chi connectivity index (χ0) is 16.5. The Bertz CT molecular complexity index is 524. The molecule has 1 atom stereocenters. The highest BCUT2D eigenvalue weighted by atomic mass is 32.1. The van der Waals surface area contributed by atoms with E-state index >= 15 is 0 Å². The average molecular weight is 337 g/mol. The van der Waals surface area contributed by atoms with Crippen LogP contribution in [0.3, 0.4) is 0 Å². The van der Waals surface area contributed by atoms with E-state index in [1.54, 1.807) is 18.3 Å². The molecular weight excluding hydrogens is 310 g/mol. The monoisotopic (exact) mass is 337 g/mol. The molecular formula is C17H27N3O2S. The topological polar surface area (TPSA) is 65.9 Å². The van der Waals surface area contributed by atoms with Crippen LogP contribution in [0.5, 0.6) is 0 Å². The van der Waals surface area contributed by atoms with Crippen LogP contribution in [0.2, 0.25) is 0 Å². The molecule has 0 amide bonds. The van der Waals surface area contributed by atoms with Crippen molar-refractivity contribution in [2.45, 2.75) is 32.3 Å². The van der Waals surface area contributed by atoms with Gasteiger partial charge in [0.2, 0.25) is 0 Å². The number of rotatable bonds is 7. The van der Waals surface area contributed by atoms with Crippen LogP contribution in [-0.2, 0) is 10.3 Å². The van der Waals surface area contributed by atoms with E-state index in [-0.39, 0.29) is 0 Å². The van der Waals surface area contributed by atoms with E-state index in [0.717, 1.165) is 50.7 Å². The third-order valence-electron chi connectivity index (χ3n) is 3.83. The molecule has 3 N–H and O–H groups in total. The van der Waals surface area contributed by atoms with Gasteiger partial charge in [-0.1, -0.05) is 11.6 Å². The van der Waals surface area contributed by atoms with Crippen LogP contribution < -0.4 is 10.6 Å². The summed E-state index contributed by atoms with van der Waals surface area (Å²) in [6.45, 7) is 7.34. The molecule has 2 rings (SSSR count). The number of guanidine groups is 1. The molecule has 2 heterocycles. The summed E-state index contributed by atoms with van der Waals surface area (Å²) in [4.78, 5) is 4.53. The van der Waals surface area contributed by atoms with Crippen molar-refractivity contribution in [3.05, 3.63) is 34.0 Å². The Hall–Kier alpha value is -1.37. The number of ether oxygens (including phenoxy) is 1. The van der Waals surface area contributed by atoms with Crippen molar-refractivity contribution in [2.75, 3.05) is 32.8 Å². The Morgan fingerprint density at radius 2 is 2.35 bits per heavy atom. The first-order valence-corrected chi connectivity index (χ1v) is 9.09. The van der Waals surface area contributed by atoms with E-state index in [1.165, 1.54) is 5.57 Å². The summed E-state index contributed by atoms with van der Waals surface area (Å²) in [7, 11) is 0. The van der Waals surface area contributed by atoms with Crippen LogP contribution >= 0.6 is 11.3 Å². The highest BCUT2D eigenvalue weighted by Gasteiger charge is 2.23. The lowest BCUT2D eigenvalue weighted by atomic mass is 10.00. The summed E-state index contributed by atoms with van der Waals surface area (Å²) in [6, 6.07) is 1.94. The summed E-state index contributed by atoms with van der Waals surface area (Å²) in [5.41, 5.74) is 1.41. The maximum Gasteiger partial charge on any atom is 0.191 e. The van der Waals surface area contributed by atoms with Crippen LogP contribution in [0.1, 0.15) is 32.3 Å². The normalized spacial score (nSPS) is 18.2. The second kappa shape index (κ2) is 9.05. The number of thiophene rings is 1. The molecule has 0 spiro atoms. The minimum Gasteiger partial charge on any atom is -0.383 e. The SMILES string of the molecule is CCNC(=NCC(C)(O)c1ccsc1)NCCC1=CCOCC1. The quantitative estimate of drug-likeness (QED) is 0.406. The fourth-order valence-corrected chi connectivity index (χ4v) is 3.15. The lowest BCUT2D eigenvalue weighted by Gasteiger charge is -2.21.